The maximum Gasteiger partial charge on any atom is 0.210 e. The minimum absolute atomic E-state index is 0.209. The second kappa shape index (κ2) is 29.8. The highest BCUT2D eigenvalue weighted by Crippen LogP contribution is 2.26. The van der Waals surface area contributed by atoms with Gasteiger partial charge in [0.1, 0.15) is 11.9 Å². The number of rotatable bonds is 33. The molecular formula is C39H70O6. The third kappa shape index (κ3) is 21.0. The Labute approximate surface area is 276 Å². The molecule has 0 bridgehead atoms. The topological polar surface area (TPSA) is 112 Å². The van der Waals surface area contributed by atoms with Crippen LogP contribution in [-0.2, 0) is 14.4 Å². The van der Waals surface area contributed by atoms with Gasteiger partial charge in [-0.25, -0.2) is 0 Å². The van der Waals surface area contributed by atoms with Gasteiger partial charge in [-0.05, 0) is 71.1 Å². The number of hydrogen-bond acceptors (Lipinski definition) is 6. The summed E-state index contributed by atoms with van der Waals surface area (Å²) in [4.78, 5) is 38.9. The van der Waals surface area contributed by atoms with Gasteiger partial charge in [0.15, 0.2) is 11.6 Å². The van der Waals surface area contributed by atoms with Crippen molar-refractivity contribution in [1.82, 2.24) is 0 Å². The van der Waals surface area contributed by atoms with Crippen LogP contribution in [0.25, 0.3) is 0 Å². The van der Waals surface area contributed by atoms with Crippen molar-refractivity contribution in [3.8, 4) is 0 Å². The van der Waals surface area contributed by atoms with E-state index >= 15 is 0 Å². The zero-order valence-electron chi connectivity index (χ0n) is 29.4. The largest absolute Gasteiger partial charge is 0.394 e. The average Bonchev–Trinajstić information content (AvgIpc) is 3.03. The van der Waals surface area contributed by atoms with Crippen molar-refractivity contribution in [3.05, 3.63) is 24.3 Å². The van der Waals surface area contributed by atoms with Crippen molar-refractivity contribution in [2.75, 3.05) is 6.61 Å². The lowest BCUT2D eigenvalue weighted by Gasteiger charge is -2.31. The van der Waals surface area contributed by atoms with Crippen LogP contribution in [0, 0.1) is 5.92 Å². The molecule has 0 aliphatic heterocycles. The molecule has 6 heteroatoms. The van der Waals surface area contributed by atoms with E-state index < -0.39 is 35.8 Å². The molecule has 45 heavy (non-hydrogen) atoms. The van der Waals surface area contributed by atoms with Gasteiger partial charge in [-0.15, -0.1) is 0 Å². The summed E-state index contributed by atoms with van der Waals surface area (Å²) in [5.41, 5.74) is -2.76. The Balaban J connectivity index is 4.62. The second-order valence-corrected chi connectivity index (χ2v) is 13.1. The molecule has 3 unspecified atom stereocenters. The van der Waals surface area contributed by atoms with E-state index in [0.29, 0.717) is 12.8 Å². The monoisotopic (exact) mass is 635 g/mol. The Hall–Kier alpha value is -1.63. The van der Waals surface area contributed by atoms with Gasteiger partial charge in [-0.1, -0.05) is 128 Å². The quantitative estimate of drug-likeness (QED) is 0.0377. The average molecular weight is 635 g/mol. The highest BCUT2D eigenvalue weighted by atomic mass is 16.4. The smallest absolute Gasteiger partial charge is 0.210 e. The number of carbonyl (C=O) groups excluding carboxylic acids is 3. The number of carbonyl (C=O) groups is 3. The van der Waals surface area contributed by atoms with Gasteiger partial charge in [0.25, 0.3) is 0 Å². The summed E-state index contributed by atoms with van der Waals surface area (Å²) in [6, 6.07) is 0. The van der Waals surface area contributed by atoms with Gasteiger partial charge in [-0.2, -0.15) is 0 Å². The molecule has 0 aromatic rings. The molecule has 0 saturated heterocycles. The molecule has 6 nitrogen and oxygen atoms in total. The number of allylic oxidation sites excluding steroid dienone is 4. The molecule has 262 valence electrons. The molecule has 3 atom stereocenters. The van der Waals surface area contributed by atoms with Crippen LogP contribution in [0.2, 0.25) is 0 Å². The van der Waals surface area contributed by atoms with Crippen molar-refractivity contribution in [2.45, 2.75) is 193 Å². The van der Waals surface area contributed by atoms with Crippen molar-refractivity contribution in [1.29, 1.82) is 0 Å². The van der Waals surface area contributed by atoms with E-state index in [0.717, 1.165) is 77.6 Å². The Bertz CT molecular complexity index is 803. The summed E-state index contributed by atoms with van der Waals surface area (Å²) < 4.78 is 0. The predicted octanol–water partition coefficient (Wildman–Crippen LogP) is 9.32. The van der Waals surface area contributed by atoms with E-state index in [1.807, 2.05) is 0 Å². The van der Waals surface area contributed by atoms with Crippen molar-refractivity contribution >= 4 is 17.3 Å². The fourth-order valence-electron chi connectivity index (χ4n) is 5.84. The fourth-order valence-corrected chi connectivity index (χ4v) is 5.84. The summed E-state index contributed by atoms with van der Waals surface area (Å²) >= 11 is 0. The zero-order valence-corrected chi connectivity index (χ0v) is 29.4. The number of Topliss-reactive ketones (excluding diaryl/α,β-unsaturated/α-hetero) is 3. The van der Waals surface area contributed by atoms with Crippen molar-refractivity contribution in [3.63, 3.8) is 0 Å². The SMILES string of the molecule is CCCCCCC=CCCCCCCCC(=O)C(CCCCCCC=CCCCCCCCC)C(=O)C(O)(C(C)=O)C(O)CO. The number of hydrogen-bond donors (Lipinski definition) is 3. The first-order valence-corrected chi connectivity index (χ1v) is 18.7. The Morgan fingerprint density at radius 1 is 0.600 bits per heavy atom. The van der Waals surface area contributed by atoms with Gasteiger partial charge < -0.3 is 15.3 Å². The molecular weight excluding hydrogens is 564 g/mol. The van der Waals surface area contributed by atoms with Crippen LogP contribution in [0.1, 0.15) is 181 Å². The molecule has 0 radical (unpaired) electrons. The number of aliphatic hydroxyl groups excluding tert-OH is 2. The molecule has 0 spiro atoms. The maximum absolute atomic E-state index is 13.4. The van der Waals surface area contributed by atoms with Gasteiger partial charge in [0.2, 0.25) is 5.60 Å². The molecule has 3 N–H and O–H groups in total. The summed E-state index contributed by atoms with van der Waals surface area (Å²) in [5.74, 6) is -3.36. The van der Waals surface area contributed by atoms with E-state index in [1.54, 1.807) is 0 Å². The van der Waals surface area contributed by atoms with Gasteiger partial charge in [-0.3, -0.25) is 14.4 Å². The van der Waals surface area contributed by atoms with Gasteiger partial charge >= 0.3 is 0 Å². The summed E-state index contributed by atoms with van der Waals surface area (Å²) in [6.45, 7) is 4.53. The Morgan fingerprint density at radius 3 is 1.40 bits per heavy atom. The highest BCUT2D eigenvalue weighted by molar-refractivity contribution is 6.17. The summed E-state index contributed by atoms with van der Waals surface area (Å²) in [5, 5.41) is 30.5. The lowest BCUT2D eigenvalue weighted by atomic mass is 9.77. The summed E-state index contributed by atoms with van der Waals surface area (Å²) in [6.07, 6.45) is 33.2. The third-order valence-electron chi connectivity index (χ3n) is 8.96. The normalized spacial score (nSPS) is 14.6. The first-order valence-electron chi connectivity index (χ1n) is 18.7. The lowest BCUT2D eigenvalue weighted by molar-refractivity contribution is -0.168. The molecule has 0 aliphatic rings. The lowest BCUT2D eigenvalue weighted by Crippen LogP contribution is -2.59. The van der Waals surface area contributed by atoms with Crippen LogP contribution in [-0.4, -0.2) is 51.0 Å². The number of aliphatic hydroxyl groups is 3. The maximum atomic E-state index is 13.4. The fraction of sp³-hybridized carbons (Fsp3) is 0.821. The van der Waals surface area contributed by atoms with E-state index in [9.17, 15) is 29.7 Å². The van der Waals surface area contributed by atoms with Crippen LogP contribution in [0.4, 0.5) is 0 Å². The van der Waals surface area contributed by atoms with E-state index in [2.05, 4.69) is 38.2 Å². The van der Waals surface area contributed by atoms with Crippen LogP contribution in [0.15, 0.2) is 24.3 Å². The molecule has 0 heterocycles. The van der Waals surface area contributed by atoms with Crippen LogP contribution in [0.3, 0.4) is 0 Å². The van der Waals surface area contributed by atoms with Crippen LogP contribution >= 0.6 is 0 Å². The van der Waals surface area contributed by atoms with Crippen LogP contribution in [0.5, 0.6) is 0 Å². The molecule has 0 amide bonds. The second-order valence-electron chi connectivity index (χ2n) is 13.1. The molecule has 0 aromatic heterocycles. The Kier molecular flexibility index (Phi) is 28.7. The first-order chi connectivity index (χ1) is 21.8. The molecule has 0 rings (SSSR count). The first kappa shape index (κ1) is 43.4. The minimum atomic E-state index is -2.76. The van der Waals surface area contributed by atoms with Crippen molar-refractivity contribution in [2.24, 2.45) is 5.92 Å². The van der Waals surface area contributed by atoms with E-state index in [1.165, 1.54) is 64.2 Å². The number of unbranched alkanes of at least 4 members (excludes halogenated alkanes) is 19. The number of ketones is 3. The summed E-state index contributed by atoms with van der Waals surface area (Å²) in [7, 11) is 0. The van der Waals surface area contributed by atoms with Crippen molar-refractivity contribution < 1.29 is 29.7 Å². The minimum Gasteiger partial charge on any atom is -0.394 e. The molecule has 0 aliphatic carbocycles. The van der Waals surface area contributed by atoms with Gasteiger partial charge in [0.05, 0.1) is 12.5 Å². The highest BCUT2D eigenvalue weighted by Gasteiger charge is 2.51. The van der Waals surface area contributed by atoms with Crippen LogP contribution < -0.4 is 0 Å². The molecule has 0 fully saturated rings. The Morgan fingerprint density at radius 2 is 0.978 bits per heavy atom. The molecule has 0 aromatic carbocycles. The molecule has 0 saturated carbocycles. The zero-order chi connectivity index (χ0) is 33.6. The van der Waals surface area contributed by atoms with Gasteiger partial charge in [0, 0.05) is 6.42 Å². The van der Waals surface area contributed by atoms with E-state index in [-0.39, 0.29) is 18.6 Å². The third-order valence-corrected chi connectivity index (χ3v) is 8.96. The van der Waals surface area contributed by atoms with E-state index in [4.69, 9.17) is 0 Å². The predicted molar refractivity (Wildman–Crippen MR) is 187 cm³/mol. The standard InChI is InChI=1S/C39H70O6/c1-4-6-8-10-12-14-16-18-20-21-23-25-27-29-31-35(38(44)39(45,34(3)41)37(43)33-40)36(42)32-30-28-26-24-22-19-17-15-13-11-9-7-5-2/h15,17-18,20,35,37,40,43,45H,4-14,16,19,21-33H2,1-3H3.